The maximum Gasteiger partial charge on any atom is 0.147 e. The van der Waals surface area contributed by atoms with Crippen LogP contribution in [0.15, 0.2) is 36.8 Å². The Hall–Kier alpha value is -2.77. The van der Waals surface area contributed by atoms with Gasteiger partial charge < -0.3 is 30.2 Å². The van der Waals surface area contributed by atoms with Crippen LogP contribution in [0.3, 0.4) is 0 Å². The van der Waals surface area contributed by atoms with Crippen molar-refractivity contribution in [3.8, 4) is 17.6 Å². The van der Waals surface area contributed by atoms with Crippen molar-refractivity contribution in [3.63, 3.8) is 0 Å². The smallest absolute Gasteiger partial charge is 0.147 e. The summed E-state index contributed by atoms with van der Waals surface area (Å²) in [5.41, 5.74) is 1.17. The van der Waals surface area contributed by atoms with Crippen molar-refractivity contribution < 1.29 is 14.6 Å². The summed E-state index contributed by atoms with van der Waals surface area (Å²) in [6.07, 6.45) is 5.16. The highest BCUT2D eigenvalue weighted by molar-refractivity contribution is 8.00. The van der Waals surface area contributed by atoms with Gasteiger partial charge in [0.25, 0.3) is 0 Å². The van der Waals surface area contributed by atoms with Crippen molar-refractivity contribution in [2.45, 2.75) is 36.8 Å². The van der Waals surface area contributed by atoms with Crippen molar-refractivity contribution >= 4 is 34.3 Å². The number of hydrogen-bond acceptors (Lipinski definition) is 8. The molecular weight excluding hydrogens is 438 g/mol. The zero-order chi connectivity index (χ0) is 22.7. The Labute approximate surface area is 196 Å². The highest BCUT2D eigenvalue weighted by atomic mass is 32.2. The number of ether oxygens (including phenoxy) is 2. The van der Waals surface area contributed by atoms with Crippen LogP contribution in [0.1, 0.15) is 25.3 Å². The number of nitrogens with zero attached hydrogens (tertiary/aromatic N) is 2. The SMILES string of the molecule is CC(O)(C#Cc1ccc(OC2CCOCC2)c(Nc2ncnc3[nH]ccc23)c1)C1NCCS1. The van der Waals surface area contributed by atoms with E-state index in [1.165, 1.54) is 6.33 Å². The third-order valence-electron chi connectivity index (χ3n) is 5.74. The first kappa shape index (κ1) is 22.0. The largest absolute Gasteiger partial charge is 0.488 e. The van der Waals surface area contributed by atoms with Gasteiger partial charge in [-0.25, -0.2) is 9.97 Å². The number of aromatic amines is 1. The van der Waals surface area contributed by atoms with E-state index in [0.29, 0.717) is 19.0 Å². The molecule has 2 saturated heterocycles. The monoisotopic (exact) mass is 465 g/mol. The van der Waals surface area contributed by atoms with Crippen molar-refractivity contribution in [3.05, 3.63) is 42.4 Å². The van der Waals surface area contributed by atoms with Crippen LogP contribution in [0.25, 0.3) is 11.0 Å². The Balaban J connectivity index is 1.45. The number of H-pyrrole nitrogens is 1. The predicted molar refractivity (Wildman–Crippen MR) is 130 cm³/mol. The maximum absolute atomic E-state index is 10.8. The van der Waals surface area contributed by atoms with Crippen LogP contribution in [-0.4, -0.2) is 62.6 Å². The van der Waals surface area contributed by atoms with Gasteiger partial charge in [0.15, 0.2) is 0 Å². The van der Waals surface area contributed by atoms with E-state index in [9.17, 15) is 5.11 Å². The molecule has 4 heterocycles. The van der Waals surface area contributed by atoms with Crippen LogP contribution in [0, 0.1) is 11.8 Å². The van der Waals surface area contributed by atoms with Crippen LogP contribution >= 0.6 is 11.8 Å². The van der Waals surface area contributed by atoms with Gasteiger partial charge in [0, 0.05) is 36.9 Å². The second-order valence-corrected chi connectivity index (χ2v) is 9.54. The molecule has 1 aromatic carbocycles. The van der Waals surface area contributed by atoms with E-state index in [-0.39, 0.29) is 11.5 Å². The molecule has 0 radical (unpaired) electrons. The van der Waals surface area contributed by atoms with Gasteiger partial charge in [-0.05, 0) is 31.2 Å². The molecule has 9 heteroatoms. The van der Waals surface area contributed by atoms with E-state index in [0.717, 1.165) is 53.2 Å². The van der Waals surface area contributed by atoms with Gasteiger partial charge in [-0.1, -0.05) is 11.8 Å². The Morgan fingerprint density at radius 3 is 2.97 bits per heavy atom. The van der Waals surface area contributed by atoms with Gasteiger partial charge in [-0.3, -0.25) is 0 Å². The summed E-state index contributed by atoms with van der Waals surface area (Å²) in [5, 5.41) is 18.3. The topological polar surface area (TPSA) is 104 Å². The number of rotatable bonds is 5. The summed E-state index contributed by atoms with van der Waals surface area (Å²) >= 11 is 1.69. The average molecular weight is 466 g/mol. The van der Waals surface area contributed by atoms with Gasteiger partial charge in [0.1, 0.15) is 35.2 Å². The van der Waals surface area contributed by atoms with Gasteiger partial charge in [-0.2, -0.15) is 0 Å². The minimum atomic E-state index is -1.13. The quantitative estimate of drug-likeness (QED) is 0.427. The molecule has 33 heavy (non-hydrogen) atoms. The maximum atomic E-state index is 10.8. The fraction of sp³-hybridized carbons (Fsp3) is 0.417. The first-order chi connectivity index (χ1) is 16.1. The summed E-state index contributed by atoms with van der Waals surface area (Å²) in [7, 11) is 0. The normalized spacial score (nSPS) is 20.7. The van der Waals surface area contributed by atoms with E-state index in [2.05, 4.69) is 37.4 Å². The number of fused-ring (bicyclic) bond motifs is 1. The number of aliphatic hydroxyl groups is 1. The van der Waals surface area contributed by atoms with Gasteiger partial charge in [0.2, 0.25) is 0 Å². The van der Waals surface area contributed by atoms with Gasteiger partial charge in [-0.15, -0.1) is 11.8 Å². The highest BCUT2D eigenvalue weighted by Crippen LogP contribution is 2.32. The summed E-state index contributed by atoms with van der Waals surface area (Å²) in [5.74, 6) is 8.57. The zero-order valence-corrected chi connectivity index (χ0v) is 19.2. The number of anilines is 2. The summed E-state index contributed by atoms with van der Waals surface area (Å²) < 4.78 is 11.8. The first-order valence-corrected chi connectivity index (χ1v) is 12.2. The number of thioether (sulfide) groups is 1. The molecule has 5 rings (SSSR count). The molecule has 3 aromatic rings. The molecule has 8 nitrogen and oxygen atoms in total. The first-order valence-electron chi connectivity index (χ1n) is 11.1. The van der Waals surface area contributed by atoms with Crippen LogP contribution in [-0.2, 0) is 4.74 Å². The average Bonchev–Trinajstić information content (AvgIpc) is 3.53. The molecule has 2 aliphatic heterocycles. The molecule has 0 aliphatic carbocycles. The Bertz CT molecular complexity index is 1170. The lowest BCUT2D eigenvalue weighted by Crippen LogP contribution is -2.42. The van der Waals surface area contributed by atoms with E-state index in [1.54, 1.807) is 18.7 Å². The number of hydrogen-bond donors (Lipinski definition) is 4. The van der Waals surface area contributed by atoms with Crippen LogP contribution in [0.2, 0.25) is 0 Å². The Morgan fingerprint density at radius 1 is 1.27 bits per heavy atom. The highest BCUT2D eigenvalue weighted by Gasteiger charge is 2.32. The lowest BCUT2D eigenvalue weighted by molar-refractivity contribution is 0.0258. The molecule has 2 fully saturated rings. The Morgan fingerprint density at radius 2 is 2.15 bits per heavy atom. The third kappa shape index (κ3) is 5.09. The number of benzene rings is 1. The zero-order valence-electron chi connectivity index (χ0n) is 18.4. The molecule has 2 atom stereocenters. The molecule has 2 unspecified atom stereocenters. The van der Waals surface area contributed by atoms with Crippen molar-refractivity contribution in [2.75, 3.05) is 30.8 Å². The molecule has 4 N–H and O–H groups in total. The molecule has 0 saturated carbocycles. The second kappa shape index (κ2) is 9.61. The van der Waals surface area contributed by atoms with E-state index >= 15 is 0 Å². The van der Waals surface area contributed by atoms with E-state index < -0.39 is 5.60 Å². The van der Waals surface area contributed by atoms with Crippen molar-refractivity contribution in [1.82, 2.24) is 20.3 Å². The fourth-order valence-corrected chi connectivity index (χ4v) is 5.02. The van der Waals surface area contributed by atoms with Crippen LogP contribution in [0.4, 0.5) is 11.5 Å². The van der Waals surface area contributed by atoms with Crippen molar-refractivity contribution in [2.24, 2.45) is 0 Å². The number of nitrogens with one attached hydrogen (secondary N) is 3. The molecule has 172 valence electrons. The molecule has 2 aliphatic rings. The predicted octanol–water partition coefficient (Wildman–Crippen LogP) is 3.02. The molecular formula is C24H27N5O3S. The molecule has 0 bridgehead atoms. The van der Waals surface area contributed by atoms with Crippen molar-refractivity contribution in [1.29, 1.82) is 0 Å². The molecule has 0 amide bonds. The fourth-order valence-electron chi connectivity index (χ4n) is 3.93. The standard InChI is InChI=1S/C24H27N5O3S/c1-24(30,23-26-10-13-33-23)8-4-16-2-3-20(32-17-6-11-31-12-7-17)19(14-16)29-22-18-5-9-25-21(18)27-15-28-22/h2-3,5,9,14-15,17,23,26,30H,6-7,10-13H2,1H3,(H2,25,27,28,29). The summed E-state index contributed by atoms with van der Waals surface area (Å²) in [6, 6.07) is 7.72. The van der Waals surface area contributed by atoms with Gasteiger partial charge >= 0.3 is 0 Å². The summed E-state index contributed by atoms with van der Waals surface area (Å²) in [6.45, 7) is 4.04. The van der Waals surface area contributed by atoms with Crippen LogP contribution < -0.4 is 15.4 Å². The van der Waals surface area contributed by atoms with E-state index in [4.69, 9.17) is 9.47 Å². The van der Waals surface area contributed by atoms with E-state index in [1.807, 2.05) is 30.5 Å². The molecule has 0 spiro atoms. The minimum absolute atomic E-state index is 0.0957. The Kier molecular flexibility index (Phi) is 6.42. The number of aromatic nitrogens is 3. The lowest BCUT2D eigenvalue weighted by atomic mass is 10.1. The molecule has 2 aromatic heterocycles. The minimum Gasteiger partial charge on any atom is -0.488 e. The second-order valence-electron chi connectivity index (χ2n) is 8.33. The van der Waals surface area contributed by atoms with Gasteiger partial charge in [0.05, 0.1) is 29.7 Å². The lowest BCUT2D eigenvalue weighted by Gasteiger charge is -2.25. The van der Waals surface area contributed by atoms with Crippen LogP contribution in [0.5, 0.6) is 5.75 Å². The summed E-state index contributed by atoms with van der Waals surface area (Å²) in [4.78, 5) is 11.8. The third-order valence-corrected chi connectivity index (χ3v) is 7.13.